The highest BCUT2D eigenvalue weighted by Gasteiger charge is 2.19. The average molecular weight is 450 g/mol. The van der Waals surface area contributed by atoms with Gasteiger partial charge in [0.25, 0.3) is 0 Å². The Morgan fingerprint density at radius 3 is 1.86 bits per heavy atom. The largest absolute Gasteiger partial charge is 0.309 e. The van der Waals surface area contributed by atoms with Crippen LogP contribution in [0.3, 0.4) is 0 Å². The van der Waals surface area contributed by atoms with Crippen LogP contribution in [0.5, 0.6) is 0 Å². The van der Waals surface area contributed by atoms with Gasteiger partial charge in [-0.25, -0.2) is 4.57 Å². The van der Waals surface area contributed by atoms with Crippen molar-refractivity contribution >= 4 is 43.4 Å². The quantitative estimate of drug-likeness (QED) is 0.187. The fourth-order valence-electron chi connectivity index (χ4n) is 5.75. The van der Waals surface area contributed by atoms with Crippen LogP contribution in [0.2, 0.25) is 0 Å². The summed E-state index contributed by atoms with van der Waals surface area (Å²) in [7, 11) is 2.14. The zero-order chi connectivity index (χ0) is 23.5. The van der Waals surface area contributed by atoms with Gasteiger partial charge in [0.1, 0.15) is 7.05 Å². The number of hydrogen-bond acceptors (Lipinski definition) is 0. The summed E-state index contributed by atoms with van der Waals surface area (Å²) in [5, 5.41) is 7.66. The minimum atomic E-state index is 1.22. The molecule has 0 aliphatic rings. The van der Waals surface area contributed by atoms with Crippen molar-refractivity contribution in [2.24, 2.45) is 7.05 Å². The Balaban J connectivity index is 1.59. The summed E-state index contributed by atoms with van der Waals surface area (Å²) in [5.41, 5.74) is 7.51. The molecule has 0 amide bonds. The van der Waals surface area contributed by atoms with Gasteiger partial charge in [0.15, 0.2) is 6.20 Å². The highest BCUT2D eigenvalue weighted by atomic mass is 15.0. The van der Waals surface area contributed by atoms with Crippen molar-refractivity contribution in [3.05, 3.63) is 121 Å². The average Bonchev–Trinajstić information content (AvgIpc) is 3.23. The van der Waals surface area contributed by atoms with Crippen molar-refractivity contribution in [3.8, 4) is 16.9 Å². The number of hydrogen-bond donors (Lipinski definition) is 0. The third kappa shape index (κ3) is 2.87. The van der Waals surface area contributed by atoms with Gasteiger partial charge in [-0.1, -0.05) is 72.8 Å². The number of fused-ring (bicyclic) bond motifs is 6. The summed E-state index contributed by atoms with van der Waals surface area (Å²) >= 11 is 0. The first-order valence-electron chi connectivity index (χ1n) is 12.1. The lowest BCUT2D eigenvalue weighted by Gasteiger charge is -2.14. The number of rotatable bonds is 2. The molecule has 35 heavy (non-hydrogen) atoms. The van der Waals surface area contributed by atoms with E-state index in [1.807, 2.05) is 0 Å². The third-order valence-corrected chi connectivity index (χ3v) is 7.37. The second-order valence-corrected chi connectivity index (χ2v) is 9.36. The fraction of sp³-hybridized carbons (Fsp3) is 0.0606. The summed E-state index contributed by atoms with van der Waals surface area (Å²) < 4.78 is 4.66. The molecular formula is C33H25N2+. The van der Waals surface area contributed by atoms with Gasteiger partial charge in [0, 0.05) is 33.2 Å². The maximum absolute atomic E-state index is 2.42. The molecule has 0 aliphatic heterocycles. The number of aryl methyl sites for hydroxylation is 2. The van der Waals surface area contributed by atoms with Crippen LogP contribution in [0.25, 0.3) is 60.3 Å². The minimum Gasteiger partial charge on any atom is -0.309 e. The summed E-state index contributed by atoms with van der Waals surface area (Å²) in [4.78, 5) is 0. The fourth-order valence-corrected chi connectivity index (χ4v) is 5.75. The molecule has 166 valence electrons. The molecule has 7 aromatic rings. The van der Waals surface area contributed by atoms with E-state index in [1.54, 1.807) is 0 Å². The number of nitrogens with zero attached hydrogens (tertiary/aromatic N) is 2. The maximum Gasteiger partial charge on any atom is 0.220 e. The topological polar surface area (TPSA) is 8.81 Å². The van der Waals surface area contributed by atoms with Crippen LogP contribution in [0.4, 0.5) is 0 Å². The van der Waals surface area contributed by atoms with Crippen molar-refractivity contribution in [1.82, 2.24) is 4.57 Å². The van der Waals surface area contributed by atoms with Gasteiger partial charge in [-0.05, 0) is 48.2 Å². The molecule has 0 atom stereocenters. The van der Waals surface area contributed by atoms with Crippen molar-refractivity contribution in [2.45, 2.75) is 6.92 Å². The van der Waals surface area contributed by atoms with Crippen LogP contribution in [0.15, 0.2) is 115 Å². The van der Waals surface area contributed by atoms with Crippen LogP contribution < -0.4 is 4.57 Å². The molecule has 5 aromatic carbocycles. The summed E-state index contributed by atoms with van der Waals surface area (Å²) in [6, 6.07) is 39.6. The van der Waals surface area contributed by atoms with Gasteiger partial charge in [-0.2, -0.15) is 0 Å². The second-order valence-electron chi connectivity index (χ2n) is 9.36. The number of para-hydroxylation sites is 2. The van der Waals surface area contributed by atoms with Crippen molar-refractivity contribution in [2.75, 3.05) is 0 Å². The van der Waals surface area contributed by atoms with Crippen LogP contribution in [0, 0.1) is 6.92 Å². The molecule has 0 saturated heterocycles. The lowest BCUT2D eigenvalue weighted by Crippen LogP contribution is -2.30. The predicted octanol–water partition coefficient (Wildman–Crippen LogP) is 7.89. The van der Waals surface area contributed by atoms with Gasteiger partial charge in [0.05, 0.1) is 22.1 Å². The zero-order valence-electron chi connectivity index (χ0n) is 19.9. The Morgan fingerprint density at radius 1 is 0.514 bits per heavy atom. The van der Waals surface area contributed by atoms with E-state index in [4.69, 9.17) is 0 Å². The van der Waals surface area contributed by atoms with Crippen LogP contribution in [-0.2, 0) is 7.05 Å². The summed E-state index contributed by atoms with van der Waals surface area (Å²) in [6.45, 7) is 2.19. The molecule has 2 heteroatoms. The van der Waals surface area contributed by atoms with Crippen molar-refractivity contribution in [1.29, 1.82) is 0 Å². The van der Waals surface area contributed by atoms with Gasteiger partial charge in [-0.3, -0.25) is 0 Å². The Hall–Kier alpha value is -4.43. The molecule has 2 heterocycles. The van der Waals surface area contributed by atoms with E-state index in [-0.39, 0.29) is 0 Å². The number of pyridine rings is 1. The lowest BCUT2D eigenvalue weighted by molar-refractivity contribution is -0.659. The number of benzene rings is 5. The van der Waals surface area contributed by atoms with Crippen molar-refractivity contribution in [3.63, 3.8) is 0 Å². The molecule has 0 bridgehead atoms. The monoisotopic (exact) mass is 449 g/mol. The standard InChI is InChI=1S/C33H25N2/c1-22-10-3-4-11-23(22)33-29-19-18-28-24(25(29)20-21-34(33)2)14-9-17-32(28)35-30-15-7-5-12-26(30)27-13-6-8-16-31(27)35/h3-21H,1-2H3/q+1. The van der Waals surface area contributed by atoms with E-state index in [0.29, 0.717) is 0 Å². The van der Waals surface area contributed by atoms with Gasteiger partial charge in [0.2, 0.25) is 5.69 Å². The molecule has 7 rings (SSSR count). The number of aromatic nitrogens is 2. The van der Waals surface area contributed by atoms with Gasteiger partial charge < -0.3 is 4.57 Å². The highest BCUT2D eigenvalue weighted by molar-refractivity contribution is 6.15. The van der Waals surface area contributed by atoms with Gasteiger partial charge >= 0.3 is 0 Å². The molecule has 0 fully saturated rings. The van der Waals surface area contributed by atoms with Crippen LogP contribution in [-0.4, -0.2) is 4.57 Å². The summed E-state index contributed by atoms with van der Waals surface area (Å²) in [5.74, 6) is 0. The Bertz CT molecular complexity index is 1870. The predicted molar refractivity (Wildman–Crippen MR) is 147 cm³/mol. The molecule has 0 spiro atoms. The molecule has 0 unspecified atom stereocenters. The molecular weight excluding hydrogens is 424 g/mol. The third-order valence-electron chi connectivity index (χ3n) is 7.37. The zero-order valence-corrected chi connectivity index (χ0v) is 19.9. The van der Waals surface area contributed by atoms with Crippen LogP contribution >= 0.6 is 0 Å². The first kappa shape index (κ1) is 20.0. The smallest absolute Gasteiger partial charge is 0.220 e. The molecule has 0 aliphatic carbocycles. The Kier molecular flexibility index (Phi) is 4.31. The van der Waals surface area contributed by atoms with E-state index in [0.717, 1.165) is 0 Å². The first-order valence-corrected chi connectivity index (χ1v) is 12.1. The second kappa shape index (κ2) is 7.54. The Labute approximate surface area is 204 Å². The first-order chi connectivity index (χ1) is 17.2. The van der Waals surface area contributed by atoms with E-state index < -0.39 is 0 Å². The molecule has 0 N–H and O–H groups in total. The van der Waals surface area contributed by atoms with E-state index in [9.17, 15) is 0 Å². The summed E-state index contributed by atoms with van der Waals surface area (Å²) in [6.07, 6.45) is 2.19. The van der Waals surface area contributed by atoms with Gasteiger partial charge in [-0.15, -0.1) is 0 Å². The van der Waals surface area contributed by atoms with E-state index >= 15 is 0 Å². The Morgan fingerprint density at radius 2 is 1.11 bits per heavy atom. The normalized spacial score (nSPS) is 11.7. The highest BCUT2D eigenvalue weighted by Crippen LogP contribution is 2.37. The molecule has 0 radical (unpaired) electrons. The minimum absolute atomic E-state index is 1.22. The molecule has 0 saturated carbocycles. The van der Waals surface area contributed by atoms with E-state index in [2.05, 4.69) is 138 Å². The van der Waals surface area contributed by atoms with Crippen LogP contribution in [0.1, 0.15) is 5.56 Å². The molecule has 2 aromatic heterocycles. The SMILES string of the molecule is Cc1ccccc1-c1c2ccc3c(-n4c5ccccc5c5ccccc54)cccc3c2cc[n+]1C. The maximum atomic E-state index is 2.42. The van der Waals surface area contributed by atoms with E-state index in [1.165, 1.54) is 65.9 Å². The van der Waals surface area contributed by atoms with Crippen molar-refractivity contribution < 1.29 is 4.57 Å². The lowest BCUT2D eigenvalue weighted by atomic mass is 9.96. The molecule has 2 nitrogen and oxygen atoms in total.